The van der Waals surface area contributed by atoms with E-state index in [1.54, 1.807) is 7.11 Å². The van der Waals surface area contributed by atoms with Crippen molar-refractivity contribution in [3.05, 3.63) is 12.2 Å². The predicted molar refractivity (Wildman–Crippen MR) is 52.9 cm³/mol. The fraction of sp³-hybridized carbons (Fsp3) is 0.818. The largest absolute Gasteiger partial charge is 0.382 e. The molecule has 3 heteroatoms. The monoisotopic (exact) mass is 198 g/mol. The third kappa shape index (κ3) is 2.35. The second-order valence-corrected chi connectivity index (χ2v) is 4.00. The first-order valence-electron chi connectivity index (χ1n) is 5.26. The molecule has 14 heavy (non-hydrogen) atoms. The van der Waals surface area contributed by atoms with Gasteiger partial charge in [0.25, 0.3) is 0 Å². The Morgan fingerprint density at radius 2 is 2.14 bits per heavy atom. The Morgan fingerprint density at radius 3 is 2.79 bits per heavy atom. The lowest BCUT2D eigenvalue weighted by atomic mass is 10.1. The lowest BCUT2D eigenvalue weighted by molar-refractivity contribution is -0.103. The maximum Gasteiger partial charge on any atom is 0.147 e. The Labute approximate surface area is 85.0 Å². The van der Waals surface area contributed by atoms with Gasteiger partial charge in [-0.25, -0.2) is 0 Å². The van der Waals surface area contributed by atoms with Gasteiger partial charge in [-0.2, -0.15) is 0 Å². The summed E-state index contributed by atoms with van der Waals surface area (Å²) in [6.07, 6.45) is 7.45. The molecule has 0 aliphatic heterocycles. The van der Waals surface area contributed by atoms with Crippen LogP contribution >= 0.6 is 0 Å². The van der Waals surface area contributed by atoms with Gasteiger partial charge in [0, 0.05) is 13.0 Å². The highest BCUT2D eigenvalue weighted by Crippen LogP contribution is 2.40. The van der Waals surface area contributed by atoms with Crippen molar-refractivity contribution in [2.24, 2.45) is 11.8 Å². The summed E-state index contributed by atoms with van der Waals surface area (Å²) in [5.74, 6) is 1.41. The van der Waals surface area contributed by atoms with E-state index in [1.165, 1.54) is 12.8 Å². The minimum absolute atomic E-state index is 0.396. The maximum absolute atomic E-state index is 5.65. The normalized spacial score (nSPS) is 34.2. The van der Waals surface area contributed by atoms with Gasteiger partial charge >= 0.3 is 0 Å². The third-order valence-electron chi connectivity index (χ3n) is 3.02. The van der Waals surface area contributed by atoms with Crippen LogP contribution in [0.25, 0.3) is 0 Å². The van der Waals surface area contributed by atoms with E-state index in [9.17, 15) is 0 Å². The summed E-state index contributed by atoms with van der Waals surface area (Å²) in [4.78, 5) is 0. The second-order valence-electron chi connectivity index (χ2n) is 4.00. The number of allylic oxidation sites excluding steroid dienone is 1. The molecule has 0 amide bonds. The Bertz CT molecular complexity index is 203. The van der Waals surface area contributed by atoms with E-state index in [0.29, 0.717) is 32.0 Å². The molecule has 3 nitrogen and oxygen atoms in total. The van der Waals surface area contributed by atoms with Crippen LogP contribution in [0.3, 0.4) is 0 Å². The van der Waals surface area contributed by atoms with Crippen LogP contribution in [0.5, 0.6) is 0 Å². The highest BCUT2D eigenvalue weighted by atomic mass is 16.7. The lowest BCUT2D eigenvalue weighted by Crippen LogP contribution is -2.20. The van der Waals surface area contributed by atoms with Crippen LogP contribution in [0.1, 0.15) is 12.8 Å². The van der Waals surface area contributed by atoms with Gasteiger partial charge in [0.15, 0.2) is 0 Å². The van der Waals surface area contributed by atoms with Crippen molar-refractivity contribution in [2.75, 3.05) is 27.1 Å². The first kappa shape index (κ1) is 10.1. The molecule has 80 valence electrons. The van der Waals surface area contributed by atoms with E-state index in [0.717, 1.165) is 5.92 Å². The van der Waals surface area contributed by atoms with Crippen LogP contribution in [0.4, 0.5) is 0 Å². The minimum atomic E-state index is 0.396. The second kappa shape index (κ2) is 4.91. The van der Waals surface area contributed by atoms with Gasteiger partial charge in [0.05, 0.1) is 19.3 Å². The number of ether oxygens (including phenoxy) is 3. The summed E-state index contributed by atoms with van der Waals surface area (Å²) in [7, 11) is 1.67. The maximum atomic E-state index is 5.65. The molecular formula is C11H18O3. The summed E-state index contributed by atoms with van der Waals surface area (Å²) >= 11 is 0. The molecule has 1 saturated carbocycles. The fourth-order valence-corrected chi connectivity index (χ4v) is 2.26. The minimum Gasteiger partial charge on any atom is -0.382 e. The summed E-state index contributed by atoms with van der Waals surface area (Å²) in [6.45, 7) is 1.66. The zero-order chi connectivity index (χ0) is 9.80. The van der Waals surface area contributed by atoms with Gasteiger partial charge in [-0.05, 0) is 18.8 Å². The van der Waals surface area contributed by atoms with E-state index in [4.69, 9.17) is 14.2 Å². The molecule has 2 bridgehead atoms. The smallest absolute Gasteiger partial charge is 0.147 e. The topological polar surface area (TPSA) is 27.7 Å². The highest BCUT2D eigenvalue weighted by Gasteiger charge is 2.36. The Morgan fingerprint density at radius 1 is 1.21 bits per heavy atom. The number of hydrogen-bond acceptors (Lipinski definition) is 3. The van der Waals surface area contributed by atoms with Gasteiger partial charge in [-0.1, -0.05) is 12.2 Å². The van der Waals surface area contributed by atoms with Crippen LogP contribution in [0, 0.1) is 11.8 Å². The molecule has 0 heterocycles. The highest BCUT2D eigenvalue weighted by molar-refractivity contribution is 5.10. The van der Waals surface area contributed by atoms with Crippen molar-refractivity contribution in [1.29, 1.82) is 0 Å². The third-order valence-corrected chi connectivity index (χ3v) is 3.02. The van der Waals surface area contributed by atoms with Crippen LogP contribution < -0.4 is 0 Å². The molecule has 2 aliphatic carbocycles. The first-order chi connectivity index (χ1) is 6.90. The molecule has 2 rings (SSSR count). The zero-order valence-corrected chi connectivity index (χ0v) is 8.65. The van der Waals surface area contributed by atoms with Gasteiger partial charge in [0.1, 0.15) is 6.79 Å². The number of rotatable bonds is 6. The Balaban J connectivity index is 1.56. The Kier molecular flexibility index (Phi) is 3.56. The van der Waals surface area contributed by atoms with Crippen molar-refractivity contribution in [1.82, 2.24) is 0 Å². The Hall–Kier alpha value is -0.380. The van der Waals surface area contributed by atoms with E-state index >= 15 is 0 Å². The van der Waals surface area contributed by atoms with E-state index in [1.807, 2.05) is 0 Å². The molecule has 0 aromatic rings. The van der Waals surface area contributed by atoms with Crippen molar-refractivity contribution in [2.45, 2.75) is 18.9 Å². The van der Waals surface area contributed by atoms with Gasteiger partial charge in [-0.15, -0.1) is 0 Å². The number of methoxy groups -OCH3 is 1. The quantitative estimate of drug-likeness (QED) is 0.368. The molecule has 2 aliphatic rings. The molecule has 0 saturated heterocycles. The van der Waals surface area contributed by atoms with Crippen LogP contribution in [-0.2, 0) is 14.2 Å². The standard InChI is InChI=1S/C11H18O3/c1-12-4-5-13-8-14-11-7-9-2-3-10(11)6-9/h2-3,9-11H,4-8H2,1H3/t9-,10+,11+/m0/s1. The van der Waals surface area contributed by atoms with Gasteiger partial charge in [-0.3, -0.25) is 0 Å². The summed E-state index contributed by atoms with van der Waals surface area (Å²) in [5, 5.41) is 0. The molecule has 3 atom stereocenters. The lowest BCUT2D eigenvalue weighted by Gasteiger charge is -2.18. The van der Waals surface area contributed by atoms with E-state index in [-0.39, 0.29) is 0 Å². The number of hydrogen-bond donors (Lipinski definition) is 0. The first-order valence-corrected chi connectivity index (χ1v) is 5.26. The van der Waals surface area contributed by atoms with E-state index < -0.39 is 0 Å². The summed E-state index contributed by atoms with van der Waals surface area (Å²) < 4.78 is 15.8. The predicted octanol–water partition coefficient (Wildman–Crippen LogP) is 1.59. The summed E-state index contributed by atoms with van der Waals surface area (Å²) in [6, 6.07) is 0. The van der Waals surface area contributed by atoms with E-state index in [2.05, 4.69) is 12.2 Å². The van der Waals surface area contributed by atoms with Crippen molar-refractivity contribution < 1.29 is 14.2 Å². The SMILES string of the molecule is COCCOCO[C@@H]1C[C@H]2C=C[C@@H]1C2. The van der Waals surface area contributed by atoms with Crippen molar-refractivity contribution >= 4 is 0 Å². The molecule has 0 spiro atoms. The van der Waals surface area contributed by atoms with Gasteiger partial charge in [0.2, 0.25) is 0 Å². The molecule has 0 aromatic carbocycles. The molecule has 0 radical (unpaired) electrons. The van der Waals surface area contributed by atoms with Crippen LogP contribution in [0.15, 0.2) is 12.2 Å². The molecule has 0 unspecified atom stereocenters. The number of fused-ring (bicyclic) bond motifs is 2. The van der Waals surface area contributed by atoms with Crippen molar-refractivity contribution in [3.63, 3.8) is 0 Å². The fourth-order valence-electron chi connectivity index (χ4n) is 2.26. The zero-order valence-electron chi connectivity index (χ0n) is 8.65. The average molecular weight is 198 g/mol. The van der Waals surface area contributed by atoms with Crippen LogP contribution in [-0.4, -0.2) is 33.2 Å². The molecule has 1 fully saturated rings. The van der Waals surface area contributed by atoms with Crippen LogP contribution in [0.2, 0.25) is 0 Å². The molecule has 0 aromatic heterocycles. The van der Waals surface area contributed by atoms with Crippen molar-refractivity contribution in [3.8, 4) is 0 Å². The molecular weight excluding hydrogens is 180 g/mol. The van der Waals surface area contributed by atoms with Gasteiger partial charge < -0.3 is 14.2 Å². The molecule has 0 N–H and O–H groups in total. The average Bonchev–Trinajstić information content (AvgIpc) is 2.79. The summed E-state index contributed by atoms with van der Waals surface area (Å²) in [5.41, 5.74) is 0.